The summed E-state index contributed by atoms with van der Waals surface area (Å²) in [6.45, 7) is 0. The number of primary sulfonamides is 1. The van der Waals surface area contributed by atoms with Gasteiger partial charge in [0, 0.05) is 6.07 Å². The number of nitro groups is 2. The molecule has 9 nitrogen and oxygen atoms in total. The topological polar surface area (TPSA) is 146 Å². The Morgan fingerprint density at radius 2 is 1.69 bits per heavy atom. The Balaban J connectivity index is 3.55. The third kappa shape index (κ3) is 2.29. The molecule has 0 saturated carbocycles. The summed E-state index contributed by atoms with van der Waals surface area (Å²) in [5.74, 6) is 0. The molecule has 0 aliphatic carbocycles. The van der Waals surface area contributed by atoms with Gasteiger partial charge in [0.25, 0.3) is 11.4 Å². The number of nitrogens with zero attached hydrogens (tertiary/aromatic N) is 2. The number of sulfonamides is 1. The first-order chi connectivity index (χ1) is 7.23. The minimum atomic E-state index is -4.29. The summed E-state index contributed by atoms with van der Waals surface area (Å²) >= 11 is 0. The number of hydrogen-bond acceptors (Lipinski definition) is 6. The highest BCUT2D eigenvalue weighted by Crippen LogP contribution is 2.27. The smallest absolute Gasteiger partial charge is 0.258 e. The van der Waals surface area contributed by atoms with Gasteiger partial charge in [-0.25, -0.2) is 13.6 Å². The molecule has 0 spiro atoms. The maximum atomic E-state index is 10.9. The van der Waals surface area contributed by atoms with Crippen LogP contribution in [-0.2, 0) is 10.0 Å². The van der Waals surface area contributed by atoms with Gasteiger partial charge >= 0.3 is 0 Å². The third-order valence-electron chi connectivity index (χ3n) is 1.66. The van der Waals surface area contributed by atoms with Gasteiger partial charge in [0.1, 0.15) is 0 Å². The zero-order valence-corrected chi connectivity index (χ0v) is 8.38. The molecule has 0 unspecified atom stereocenters. The number of nitrogens with two attached hydrogens (primary N) is 1. The summed E-state index contributed by atoms with van der Waals surface area (Å²) < 4.78 is 21.9. The van der Waals surface area contributed by atoms with Crippen LogP contribution in [0.2, 0.25) is 0 Å². The molecule has 0 atom stereocenters. The number of rotatable bonds is 3. The predicted octanol–water partition coefficient (Wildman–Crippen LogP) is 0.150. The molecule has 0 bridgehead atoms. The van der Waals surface area contributed by atoms with Crippen molar-refractivity contribution in [3.63, 3.8) is 0 Å². The summed E-state index contributed by atoms with van der Waals surface area (Å²) in [4.78, 5) is 18.2. The second-order valence-corrected chi connectivity index (χ2v) is 4.24. The van der Waals surface area contributed by atoms with Crippen molar-refractivity contribution in [3.8, 4) is 0 Å². The molecule has 0 amide bonds. The van der Waals surface area contributed by atoms with Crippen molar-refractivity contribution >= 4 is 21.4 Å². The van der Waals surface area contributed by atoms with Crippen LogP contribution in [0.4, 0.5) is 11.4 Å². The second kappa shape index (κ2) is 3.83. The molecule has 10 heteroatoms. The van der Waals surface area contributed by atoms with E-state index in [1.165, 1.54) is 0 Å². The Morgan fingerprint density at radius 1 is 1.12 bits per heavy atom. The van der Waals surface area contributed by atoms with Crippen molar-refractivity contribution in [2.45, 2.75) is 4.90 Å². The molecule has 0 saturated heterocycles. The van der Waals surface area contributed by atoms with Crippen molar-refractivity contribution in [2.24, 2.45) is 5.14 Å². The van der Waals surface area contributed by atoms with E-state index < -0.39 is 36.1 Å². The van der Waals surface area contributed by atoms with Gasteiger partial charge in [-0.2, -0.15) is 0 Å². The van der Waals surface area contributed by atoms with E-state index in [1.54, 1.807) is 0 Å². The summed E-state index contributed by atoms with van der Waals surface area (Å²) in [6.07, 6.45) is 0. The maximum Gasteiger partial charge on any atom is 0.296 e. The lowest BCUT2D eigenvalue weighted by Crippen LogP contribution is -2.14. The van der Waals surface area contributed by atoms with Crippen molar-refractivity contribution < 1.29 is 18.3 Å². The normalized spacial score (nSPS) is 11.1. The quantitative estimate of drug-likeness (QED) is 0.593. The first kappa shape index (κ1) is 12.0. The van der Waals surface area contributed by atoms with E-state index in [4.69, 9.17) is 5.14 Å². The maximum absolute atomic E-state index is 10.9. The largest absolute Gasteiger partial charge is 0.296 e. The van der Waals surface area contributed by atoms with Gasteiger partial charge in [0.05, 0.1) is 15.9 Å². The zero-order chi connectivity index (χ0) is 12.5. The van der Waals surface area contributed by atoms with Crippen LogP contribution in [0, 0.1) is 20.2 Å². The Kier molecular flexibility index (Phi) is 2.87. The van der Waals surface area contributed by atoms with Gasteiger partial charge in [0.2, 0.25) is 10.0 Å². The highest BCUT2D eigenvalue weighted by Gasteiger charge is 2.25. The molecule has 0 fully saturated rings. The zero-order valence-electron chi connectivity index (χ0n) is 7.56. The molecule has 2 N–H and O–H groups in total. The van der Waals surface area contributed by atoms with Crippen LogP contribution in [0.15, 0.2) is 23.1 Å². The fourth-order valence-corrected chi connectivity index (χ4v) is 1.69. The van der Waals surface area contributed by atoms with E-state index in [-0.39, 0.29) is 0 Å². The monoisotopic (exact) mass is 247 g/mol. The fourth-order valence-electron chi connectivity index (χ4n) is 1.00. The minimum Gasteiger partial charge on any atom is -0.258 e. The lowest BCUT2D eigenvalue weighted by molar-refractivity contribution is -0.396. The van der Waals surface area contributed by atoms with Crippen molar-refractivity contribution in [1.82, 2.24) is 0 Å². The molecular weight excluding hydrogens is 242 g/mol. The molecule has 16 heavy (non-hydrogen) atoms. The van der Waals surface area contributed by atoms with E-state index in [0.717, 1.165) is 12.1 Å². The van der Waals surface area contributed by atoms with Crippen LogP contribution in [0.5, 0.6) is 0 Å². The molecule has 0 heterocycles. The van der Waals surface area contributed by atoms with Gasteiger partial charge in [-0.05, 0) is 6.07 Å². The molecule has 1 rings (SSSR count). The summed E-state index contributed by atoms with van der Waals surface area (Å²) in [5.41, 5.74) is -1.50. The van der Waals surface area contributed by atoms with Crippen LogP contribution in [0.25, 0.3) is 0 Å². The molecule has 0 radical (unpaired) electrons. The van der Waals surface area contributed by atoms with E-state index in [0.29, 0.717) is 6.07 Å². The molecule has 1 aromatic rings. The fraction of sp³-hybridized carbons (Fsp3) is 0. The lowest BCUT2D eigenvalue weighted by atomic mass is 10.3. The highest BCUT2D eigenvalue weighted by atomic mass is 32.2. The van der Waals surface area contributed by atoms with Crippen LogP contribution >= 0.6 is 0 Å². The van der Waals surface area contributed by atoms with Crippen molar-refractivity contribution in [1.29, 1.82) is 0 Å². The van der Waals surface area contributed by atoms with Crippen LogP contribution in [0.1, 0.15) is 0 Å². The van der Waals surface area contributed by atoms with Gasteiger partial charge in [0.15, 0.2) is 4.90 Å². The third-order valence-corrected chi connectivity index (χ3v) is 2.61. The van der Waals surface area contributed by atoms with Gasteiger partial charge in [-0.15, -0.1) is 0 Å². The SMILES string of the molecule is NS(=O)(=O)c1ccc([N+](=O)[O-])cc1[N+](=O)[O-]. The summed E-state index contributed by atoms with van der Waals surface area (Å²) in [6, 6.07) is 2.10. The van der Waals surface area contributed by atoms with Gasteiger partial charge in [-0.1, -0.05) is 0 Å². The Morgan fingerprint density at radius 3 is 2.06 bits per heavy atom. The van der Waals surface area contributed by atoms with E-state index >= 15 is 0 Å². The van der Waals surface area contributed by atoms with E-state index in [1.807, 2.05) is 0 Å². The molecule has 0 aliphatic rings. The number of hydrogen-bond donors (Lipinski definition) is 1. The van der Waals surface area contributed by atoms with E-state index in [9.17, 15) is 28.6 Å². The standard InChI is InChI=1S/C6H5N3O6S/c7-16(14,15)6-2-1-4(8(10)11)3-5(6)9(12)13/h1-3H,(H2,7,14,15). The summed E-state index contributed by atoms with van der Waals surface area (Å²) in [7, 11) is -4.29. The van der Waals surface area contributed by atoms with Gasteiger partial charge < -0.3 is 0 Å². The van der Waals surface area contributed by atoms with E-state index in [2.05, 4.69) is 0 Å². The molecule has 86 valence electrons. The number of nitro benzene ring substituents is 2. The van der Waals surface area contributed by atoms with Crippen LogP contribution in [0.3, 0.4) is 0 Å². The predicted molar refractivity (Wildman–Crippen MR) is 51.1 cm³/mol. The molecule has 0 aliphatic heterocycles. The molecule has 0 aromatic heterocycles. The van der Waals surface area contributed by atoms with Crippen LogP contribution < -0.4 is 5.14 Å². The lowest BCUT2D eigenvalue weighted by Gasteiger charge is -1.99. The molecular formula is C6H5N3O6S. The average Bonchev–Trinajstić information content (AvgIpc) is 2.15. The number of benzene rings is 1. The second-order valence-electron chi connectivity index (χ2n) is 2.71. The Bertz CT molecular complexity index is 566. The highest BCUT2D eigenvalue weighted by molar-refractivity contribution is 7.89. The van der Waals surface area contributed by atoms with Crippen molar-refractivity contribution in [2.75, 3.05) is 0 Å². The average molecular weight is 247 g/mol. The first-order valence-electron chi connectivity index (χ1n) is 3.69. The minimum absolute atomic E-state index is 0.541. The summed E-state index contributed by atoms with van der Waals surface area (Å²) in [5, 5.41) is 25.6. The molecule has 1 aromatic carbocycles. The Hall–Kier alpha value is -2.07. The van der Waals surface area contributed by atoms with Crippen LogP contribution in [-0.4, -0.2) is 18.3 Å². The first-order valence-corrected chi connectivity index (χ1v) is 5.24. The Labute approximate surface area is 88.8 Å². The van der Waals surface area contributed by atoms with Crippen molar-refractivity contribution in [3.05, 3.63) is 38.4 Å². The number of non-ortho nitro benzene ring substituents is 1. The van der Waals surface area contributed by atoms with Gasteiger partial charge in [-0.3, -0.25) is 20.2 Å².